The third-order valence-electron chi connectivity index (χ3n) is 5.78. The Labute approximate surface area is 165 Å². The van der Waals surface area contributed by atoms with Crippen LogP contribution in [-0.4, -0.2) is 65.4 Å². The third kappa shape index (κ3) is 3.81. The Morgan fingerprint density at radius 1 is 1.22 bits per heavy atom. The van der Waals surface area contributed by atoms with Gasteiger partial charge in [0.2, 0.25) is 0 Å². The second kappa shape index (κ2) is 7.95. The molecule has 1 unspecified atom stereocenters. The largest absolute Gasteiger partial charge is 0.475 e. The summed E-state index contributed by atoms with van der Waals surface area (Å²) in [5.74, 6) is 3.45. The first-order chi connectivity index (χ1) is 13.4. The van der Waals surface area contributed by atoms with Crippen molar-refractivity contribution in [3.8, 4) is 5.75 Å². The van der Waals surface area contributed by atoms with E-state index in [0.29, 0.717) is 12.8 Å². The summed E-state index contributed by atoms with van der Waals surface area (Å²) < 4.78 is 12.0. The number of thioether (sulfide) groups is 1. The number of ether oxygens (including phenoxy) is 2. The summed E-state index contributed by atoms with van der Waals surface area (Å²) in [6, 6.07) is 6.60. The minimum absolute atomic E-state index is 0.360. The maximum Gasteiger partial charge on any atom is 0.152 e. The fraction of sp³-hybridized carbons (Fsp3) is 0.571. The zero-order valence-corrected chi connectivity index (χ0v) is 16.5. The summed E-state index contributed by atoms with van der Waals surface area (Å²) in [5, 5.41) is 1.24. The highest BCUT2D eigenvalue weighted by Gasteiger charge is 2.26. The number of rotatable bonds is 4. The quantitative estimate of drug-likeness (QED) is 0.805. The van der Waals surface area contributed by atoms with Crippen LogP contribution in [0.5, 0.6) is 5.75 Å². The van der Waals surface area contributed by atoms with Gasteiger partial charge in [-0.1, -0.05) is 6.07 Å². The highest BCUT2D eigenvalue weighted by atomic mass is 32.2. The second-order valence-electron chi connectivity index (χ2n) is 7.73. The molecule has 144 valence electrons. The first kappa shape index (κ1) is 17.7. The van der Waals surface area contributed by atoms with Gasteiger partial charge in [-0.2, -0.15) is 11.8 Å². The molecular formula is C21H27N3O2S. The molecule has 0 spiro atoms. The summed E-state index contributed by atoms with van der Waals surface area (Å²) in [5.41, 5.74) is 3.67. The summed E-state index contributed by atoms with van der Waals surface area (Å²) in [6.07, 6.45) is 4.59. The lowest BCUT2D eigenvalue weighted by molar-refractivity contribution is 0.0285. The van der Waals surface area contributed by atoms with Crippen LogP contribution in [-0.2, 0) is 17.8 Å². The molecule has 6 heteroatoms. The second-order valence-corrected chi connectivity index (χ2v) is 8.96. The van der Waals surface area contributed by atoms with E-state index in [1.54, 1.807) is 0 Å². The highest BCUT2D eigenvalue weighted by Crippen LogP contribution is 2.35. The molecule has 1 atom stereocenters. The van der Waals surface area contributed by atoms with Gasteiger partial charge in [0, 0.05) is 68.0 Å². The van der Waals surface area contributed by atoms with Crippen LogP contribution in [0.4, 0.5) is 0 Å². The lowest BCUT2D eigenvalue weighted by atomic mass is 10.0. The molecule has 5 nitrogen and oxygen atoms in total. The van der Waals surface area contributed by atoms with Crippen molar-refractivity contribution in [2.45, 2.75) is 32.0 Å². The van der Waals surface area contributed by atoms with E-state index in [-0.39, 0.29) is 0 Å². The number of benzene rings is 1. The monoisotopic (exact) mass is 385 g/mol. The van der Waals surface area contributed by atoms with Crippen molar-refractivity contribution in [3.63, 3.8) is 0 Å². The van der Waals surface area contributed by atoms with Crippen LogP contribution in [0.15, 0.2) is 24.4 Å². The molecular weight excluding hydrogens is 358 g/mol. The van der Waals surface area contributed by atoms with Gasteiger partial charge >= 0.3 is 0 Å². The lowest BCUT2D eigenvalue weighted by Crippen LogP contribution is -2.38. The van der Waals surface area contributed by atoms with Gasteiger partial charge in [0.1, 0.15) is 12.2 Å². The Hall–Kier alpha value is -1.34. The first-order valence-electron chi connectivity index (χ1n) is 10.0. The van der Waals surface area contributed by atoms with Gasteiger partial charge in [0.05, 0.1) is 6.10 Å². The van der Waals surface area contributed by atoms with E-state index in [0.717, 1.165) is 37.5 Å². The first-order valence-corrected chi connectivity index (χ1v) is 11.2. The predicted octanol–water partition coefficient (Wildman–Crippen LogP) is 3.11. The van der Waals surface area contributed by atoms with Gasteiger partial charge in [-0.15, -0.1) is 0 Å². The number of aromatic nitrogens is 1. The highest BCUT2D eigenvalue weighted by molar-refractivity contribution is 7.99. The summed E-state index contributed by atoms with van der Waals surface area (Å²) in [4.78, 5) is 9.62. The third-order valence-corrected chi connectivity index (χ3v) is 6.72. The molecule has 2 fully saturated rings. The standard InChI is InChI=1S/C21H27N3O2S/c1-4-19-16(12-23-6-9-27-10-7-23)11-17-13-24(14-18-3-2-8-25-18)15-26-21(17)20(19)22-5-1/h1,4-5,11,18H,2-3,6-10,12-15H2. The molecule has 0 N–H and O–H groups in total. The number of pyridine rings is 1. The van der Waals surface area contributed by atoms with Crippen molar-refractivity contribution in [2.24, 2.45) is 0 Å². The smallest absolute Gasteiger partial charge is 0.152 e. The summed E-state index contributed by atoms with van der Waals surface area (Å²) in [7, 11) is 0. The van der Waals surface area contributed by atoms with Crippen LogP contribution < -0.4 is 4.74 Å². The summed E-state index contributed by atoms with van der Waals surface area (Å²) >= 11 is 2.06. The number of nitrogens with zero attached hydrogens (tertiary/aromatic N) is 3. The Kier molecular flexibility index (Phi) is 5.23. The van der Waals surface area contributed by atoms with E-state index >= 15 is 0 Å². The molecule has 3 aliphatic rings. The van der Waals surface area contributed by atoms with Gasteiger partial charge in [-0.3, -0.25) is 14.8 Å². The van der Waals surface area contributed by atoms with Crippen LogP contribution in [0.25, 0.3) is 10.9 Å². The van der Waals surface area contributed by atoms with Crippen molar-refractivity contribution in [3.05, 3.63) is 35.5 Å². The topological polar surface area (TPSA) is 37.8 Å². The molecule has 1 aromatic carbocycles. The van der Waals surface area contributed by atoms with Gasteiger partial charge in [0.15, 0.2) is 5.75 Å². The minimum atomic E-state index is 0.360. The molecule has 3 aliphatic heterocycles. The van der Waals surface area contributed by atoms with Gasteiger partial charge in [0.25, 0.3) is 0 Å². The van der Waals surface area contributed by atoms with Crippen LogP contribution >= 0.6 is 11.8 Å². The molecule has 2 saturated heterocycles. The van der Waals surface area contributed by atoms with Crippen molar-refractivity contribution in [1.82, 2.24) is 14.8 Å². The van der Waals surface area contributed by atoms with E-state index in [9.17, 15) is 0 Å². The predicted molar refractivity (Wildman–Crippen MR) is 109 cm³/mol. The van der Waals surface area contributed by atoms with E-state index in [2.05, 4.69) is 38.7 Å². The molecule has 0 bridgehead atoms. The van der Waals surface area contributed by atoms with E-state index in [1.807, 2.05) is 12.3 Å². The van der Waals surface area contributed by atoms with Crippen molar-refractivity contribution in [2.75, 3.05) is 44.5 Å². The molecule has 2 aromatic rings. The molecule has 0 amide bonds. The van der Waals surface area contributed by atoms with Gasteiger partial charge < -0.3 is 9.47 Å². The van der Waals surface area contributed by atoms with Crippen molar-refractivity contribution in [1.29, 1.82) is 0 Å². The van der Waals surface area contributed by atoms with E-state index < -0.39 is 0 Å². The van der Waals surface area contributed by atoms with Crippen LogP contribution in [0.1, 0.15) is 24.0 Å². The SMILES string of the molecule is c1cnc2c3c(cc(CN4CCSCC4)c2c1)CN(CC1CCCO1)CO3. The Morgan fingerprint density at radius 2 is 2.15 bits per heavy atom. The average Bonchev–Trinajstić information content (AvgIpc) is 3.22. The van der Waals surface area contributed by atoms with Gasteiger partial charge in [-0.25, -0.2) is 0 Å². The Balaban J connectivity index is 1.43. The normalized spacial score (nSPS) is 24.1. The molecule has 0 saturated carbocycles. The van der Waals surface area contributed by atoms with Crippen LogP contribution in [0.3, 0.4) is 0 Å². The maximum absolute atomic E-state index is 6.20. The van der Waals surface area contributed by atoms with Crippen molar-refractivity contribution >= 4 is 22.7 Å². The van der Waals surface area contributed by atoms with E-state index in [4.69, 9.17) is 9.47 Å². The number of hydrogen-bond donors (Lipinski definition) is 0. The Morgan fingerprint density at radius 3 is 3.00 bits per heavy atom. The zero-order chi connectivity index (χ0) is 18.1. The number of fused-ring (bicyclic) bond motifs is 3. The fourth-order valence-corrected chi connectivity index (χ4v) is 5.38. The average molecular weight is 386 g/mol. The fourth-order valence-electron chi connectivity index (χ4n) is 4.40. The summed E-state index contributed by atoms with van der Waals surface area (Å²) in [6.45, 7) is 6.75. The zero-order valence-electron chi connectivity index (χ0n) is 15.7. The molecule has 0 aliphatic carbocycles. The van der Waals surface area contributed by atoms with Gasteiger partial charge in [-0.05, 0) is 30.5 Å². The lowest BCUT2D eigenvalue weighted by Gasteiger charge is -2.32. The minimum Gasteiger partial charge on any atom is -0.475 e. The molecule has 1 aromatic heterocycles. The molecule has 27 heavy (non-hydrogen) atoms. The number of hydrogen-bond acceptors (Lipinski definition) is 6. The Bertz CT molecular complexity index is 803. The molecule has 0 radical (unpaired) electrons. The molecule has 5 rings (SSSR count). The van der Waals surface area contributed by atoms with E-state index in [1.165, 1.54) is 53.9 Å². The molecule has 4 heterocycles. The maximum atomic E-state index is 6.20. The van der Waals surface area contributed by atoms with Crippen molar-refractivity contribution < 1.29 is 9.47 Å². The van der Waals surface area contributed by atoms with Crippen LogP contribution in [0.2, 0.25) is 0 Å². The van der Waals surface area contributed by atoms with Crippen LogP contribution in [0, 0.1) is 0 Å².